The van der Waals surface area contributed by atoms with Crippen LogP contribution in [0.2, 0.25) is 0 Å². The van der Waals surface area contributed by atoms with Gasteiger partial charge in [0, 0.05) is 12.1 Å². The number of ether oxygens (including phenoxy) is 1. The van der Waals surface area contributed by atoms with Crippen molar-refractivity contribution in [2.45, 2.75) is 45.8 Å². The molecule has 2 atom stereocenters. The van der Waals surface area contributed by atoms with E-state index in [1.54, 1.807) is 0 Å². The fraction of sp³-hybridized carbons (Fsp3) is 0.474. The van der Waals surface area contributed by atoms with E-state index in [-0.39, 0.29) is 0 Å². The largest absolute Gasteiger partial charge is 0.490 e. The van der Waals surface area contributed by atoms with Crippen LogP contribution in [0.3, 0.4) is 0 Å². The SMILES string of the molecule is CC1CC(C)CC(Oc2ccc3ccccc3c2CN)C1. The molecule has 1 aliphatic rings. The molecule has 2 unspecified atom stereocenters. The first-order valence-electron chi connectivity index (χ1n) is 8.04. The molecule has 0 spiro atoms. The molecule has 1 aliphatic carbocycles. The molecule has 0 amide bonds. The van der Waals surface area contributed by atoms with Crippen LogP contribution in [0.1, 0.15) is 38.7 Å². The third-order valence-corrected chi connectivity index (χ3v) is 4.63. The Hall–Kier alpha value is -1.54. The lowest BCUT2D eigenvalue weighted by Gasteiger charge is -2.32. The molecular weight excluding hydrogens is 258 g/mol. The van der Waals surface area contributed by atoms with E-state index in [0.29, 0.717) is 12.6 Å². The minimum atomic E-state index is 0.329. The first-order valence-corrected chi connectivity index (χ1v) is 8.04. The monoisotopic (exact) mass is 283 g/mol. The van der Waals surface area contributed by atoms with Crippen molar-refractivity contribution in [3.63, 3.8) is 0 Å². The molecule has 2 nitrogen and oxygen atoms in total. The van der Waals surface area contributed by atoms with Crippen LogP contribution in [0.25, 0.3) is 10.8 Å². The lowest BCUT2D eigenvalue weighted by Crippen LogP contribution is -2.28. The van der Waals surface area contributed by atoms with Crippen LogP contribution in [-0.2, 0) is 6.54 Å². The highest BCUT2D eigenvalue weighted by atomic mass is 16.5. The summed E-state index contributed by atoms with van der Waals surface area (Å²) in [5.41, 5.74) is 7.13. The lowest BCUT2D eigenvalue weighted by atomic mass is 9.82. The molecule has 3 rings (SSSR count). The Bertz CT molecular complexity index is 612. The van der Waals surface area contributed by atoms with E-state index in [1.165, 1.54) is 17.2 Å². The number of hydrogen-bond acceptors (Lipinski definition) is 2. The van der Waals surface area contributed by atoms with Crippen molar-refractivity contribution < 1.29 is 4.74 Å². The average molecular weight is 283 g/mol. The Morgan fingerprint density at radius 2 is 1.71 bits per heavy atom. The van der Waals surface area contributed by atoms with Gasteiger partial charge in [-0.2, -0.15) is 0 Å². The van der Waals surface area contributed by atoms with Crippen molar-refractivity contribution in [3.05, 3.63) is 42.0 Å². The molecule has 0 saturated heterocycles. The summed E-state index contributed by atoms with van der Waals surface area (Å²) in [7, 11) is 0. The Balaban J connectivity index is 1.90. The molecule has 0 bridgehead atoms. The first kappa shape index (κ1) is 14.4. The second-order valence-electron chi connectivity index (χ2n) is 6.62. The molecule has 2 heteroatoms. The molecule has 0 heterocycles. The van der Waals surface area contributed by atoms with E-state index in [2.05, 4.69) is 50.2 Å². The van der Waals surface area contributed by atoms with Gasteiger partial charge >= 0.3 is 0 Å². The molecule has 1 fully saturated rings. The number of nitrogens with two attached hydrogens (primary N) is 1. The van der Waals surface area contributed by atoms with Crippen LogP contribution in [0.15, 0.2) is 36.4 Å². The summed E-state index contributed by atoms with van der Waals surface area (Å²) in [5.74, 6) is 2.48. The lowest BCUT2D eigenvalue weighted by molar-refractivity contribution is 0.100. The zero-order chi connectivity index (χ0) is 14.8. The zero-order valence-electron chi connectivity index (χ0n) is 13.0. The van der Waals surface area contributed by atoms with Gasteiger partial charge in [0.05, 0.1) is 6.10 Å². The summed E-state index contributed by atoms with van der Waals surface area (Å²) in [6, 6.07) is 12.6. The van der Waals surface area contributed by atoms with Gasteiger partial charge in [-0.1, -0.05) is 44.2 Å². The predicted molar refractivity (Wildman–Crippen MR) is 88.4 cm³/mol. The standard InChI is InChI=1S/C19H25NO/c1-13-9-14(2)11-16(10-13)21-19-8-7-15-5-3-4-6-17(15)18(19)12-20/h3-8,13-14,16H,9-12,20H2,1-2H3. The van der Waals surface area contributed by atoms with Crippen LogP contribution in [-0.4, -0.2) is 6.10 Å². The predicted octanol–water partition coefficient (Wildman–Crippen LogP) is 4.50. The molecule has 2 aromatic carbocycles. The third kappa shape index (κ3) is 3.06. The van der Waals surface area contributed by atoms with Gasteiger partial charge in [-0.3, -0.25) is 0 Å². The summed E-state index contributed by atoms with van der Waals surface area (Å²) in [6.45, 7) is 5.18. The quantitative estimate of drug-likeness (QED) is 0.900. The van der Waals surface area contributed by atoms with E-state index >= 15 is 0 Å². The first-order chi connectivity index (χ1) is 10.2. The van der Waals surface area contributed by atoms with Gasteiger partial charge in [0.1, 0.15) is 5.75 Å². The molecule has 2 N–H and O–H groups in total. The maximum absolute atomic E-state index is 6.35. The number of hydrogen-bond donors (Lipinski definition) is 1. The molecule has 112 valence electrons. The normalized spacial score (nSPS) is 26.0. The average Bonchev–Trinajstić information content (AvgIpc) is 2.46. The zero-order valence-corrected chi connectivity index (χ0v) is 13.0. The molecule has 21 heavy (non-hydrogen) atoms. The highest BCUT2D eigenvalue weighted by Crippen LogP contribution is 2.34. The second kappa shape index (κ2) is 6.07. The molecule has 2 aromatic rings. The molecule has 0 aromatic heterocycles. The molecular formula is C19H25NO. The van der Waals surface area contributed by atoms with Crippen LogP contribution in [0, 0.1) is 11.8 Å². The smallest absolute Gasteiger partial charge is 0.124 e. The van der Waals surface area contributed by atoms with E-state index in [0.717, 1.165) is 36.0 Å². The Morgan fingerprint density at radius 3 is 2.43 bits per heavy atom. The molecule has 0 aliphatic heterocycles. The van der Waals surface area contributed by atoms with Crippen LogP contribution in [0.4, 0.5) is 0 Å². The van der Waals surface area contributed by atoms with Crippen LogP contribution < -0.4 is 10.5 Å². The van der Waals surface area contributed by atoms with Gasteiger partial charge in [-0.15, -0.1) is 0 Å². The number of fused-ring (bicyclic) bond motifs is 1. The Labute approximate surface area is 127 Å². The van der Waals surface area contributed by atoms with E-state index in [9.17, 15) is 0 Å². The topological polar surface area (TPSA) is 35.2 Å². The van der Waals surface area contributed by atoms with Crippen LogP contribution in [0.5, 0.6) is 5.75 Å². The summed E-state index contributed by atoms with van der Waals surface area (Å²) < 4.78 is 6.35. The number of rotatable bonds is 3. The van der Waals surface area contributed by atoms with Crippen molar-refractivity contribution in [2.75, 3.05) is 0 Å². The van der Waals surface area contributed by atoms with Crippen molar-refractivity contribution in [1.82, 2.24) is 0 Å². The van der Waals surface area contributed by atoms with Crippen molar-refractivity contribution >= 4 is 10.8 Å². The Kier molecular flexibility index (Phi) is 4.16. The maximum Gasteiger partial charge on any atom is 0.124 e. The van der Waals surface area contributed by atoms with E-state index < -0.39 is 0 Å². The minimum absolute atomic E-state index is 0.329. The highest BCUT2D eigenvalue weighted by Gasteiger charge is 2.25. The van der Waals surface area contributed by atoms with E-state index in [1.807, 2.05) is 0 Å². The van der Waals surface area contributed by atoms with E-state index in [4.69, 9.17) is 10.5 Å². The summed E-state index contributed by atoms with van der Waals surface area (Å²) in [5, 5.41) is 2.45. The van der Waals surface area contributed by atoms with Crippen molar-refractivity contribution in [2.24, 2.45) is 17.6 Å². The summed E-state index contributed by atoms with van der Waals surface area (Å²) >= 11 is 0. The van der Waals surface area contributed by atoms with Gasteiger partial charge in [-0.25, -0.2) is 0 Å². The van der Waals surface area contributed by atoms with Crippen LogP contribution >= 0.6 is 0 Å². The third-order valence-electron chi connectivity index (χ3n) is 4.63. The maximum atomic E-state index is 6.35. The minimum Gasteiger partial charge on any atom is -0.490 e. The van der Waals surface area contributed by atoms with Gasteiger partial charge in [-0.05, 0) is 47.9 Å². The fourth-order valence-electron chi connectivity index (χ4n) is 3.79. The summed E-state index contributed by atoms with van der Waals surface area (Å²) in [6.07, 6.45) is 3.96. The van der Waals surface area contributed by atoms with Gasteiger partial charge < -0.3 is 10.5 Å². The van der Waals surface area contributed by atoms with Gasteiger partial charge in [0.2, 0.25) is 0 Å². The molecule has 0 radical (unpaired) electrons. The highest BCUT2D eigenvalue weighted by molar-refractivity contribution is 5.87. The van der Waals surface area contributed by atoms with Crippen molar-refractivity contribution in [1.29, 1.82) is 0 Å². The second-order valence-corrected chi connectivity index (χ2v) is 6.62. The molecule has 1 saturated carbocycles. The van der Waals surface area contributed by atoms with Gasteiger partial charge in [0.25, 0.3) is 0 Å². The van der Waals surface area contributed by atoms with Crippen molar-refractivity contribution in [3.8, 4) is 5.75 Å². The number of benzene rings is 2. The van der Waals surface area contributed by atoms with Gasteiger partial charge in [0.15, 0.2) is 0 Å². The fourth-order valence-corrected chi connectivity index (χ4v) is 3.79. The Morgan fingerprint density at radius 1 is 1.00 bits per heavy atom. The summed E-state index contributed by atoms with van der Waals surface area (Å²) in [4.78, 5) is 0.